The van der Waals surface area contributed by atoms with Gasteiger partial charge in [0, 0.05) is 17.8 Å². The van der Waals surface area contributed by atoms with Crippen molar-refractivity contribution in [1.29, 1.82) is 0 Å². The van der Waals surface area contributed by atoms with E-state index in [0.29, 0.717) is 0 Å². The monoisotopic (exact) mass is 150 g/mol. The predicted octanol–water partition coefficient (Wildman–Crippen LogP) is 2.31. The number of nitrogens with one attached hydrogen (secondary N) is 1. The van der Waals surface area contributed by atoms with Gasteiger partial charge in [-0.05, 0) is 18.8 Å². The van der Waals surface area contributed by atoms with E-state index in [4.69, 9.17) is 0 Å². The van der Waals surface area contributed by atoms with Crippen LogP contribution < -0.4 is 0 Å². The molecule has 11 heavy (non-hydrogen) atoms. The Morgan fingerprint density at radius 2 is 2.45 bits per heavy atom. The number of hydrogen-bond acceptors (Lipinski definition) is 1. The average Bonchev–Trinajstić information content (AvgIpc) is 2.55. The number of nitrogens with zero attached hydrogens (tertiary/aromatic N) is 1. The number of aromatic amines is 1. The minimum Gasteiger partial charge on any atom is -0.348 e. The number of H-pyrrole nitrogens is 1. The van der Waals surface area contributed by atoms with Crippen molar-refractivity contribution >= 4 is 0 Å². The third kappa shape index (κ3) is 1.30. The summed E-state index contributed by atoms with van der Waals surface area (Å²) < 4.78 is 0. The molecule has 1 aliphatic rings. The highest BCUT2D eigenvalue weighted by Gasteiger charge is 2.23. The van der Waals surface area contributed by atoms with Crippen molar-refractivity contribution in [1.82, 2.24) is 9.97 Å². The maximum atomic E-state index is 4.04. The normalized spacial score (nSPS) is 31.0. The van der Waals surface area contributed by atoms with Crippen LogP contribution in [0.25, 0.3) is 0 Å². The molecule has 2 nitrogen and oxygen atoms in total. The molecule has 0 amide bonds. The van der Waals surface area contributed by atoms with Crippen LogP contribution in [0, 0.1) is 5.92 Å². The molecule has 60 valence electrons. The largest absolute Gasteiger partial charge is 0.348 e. The second kappa shape index (κ2) is 2.68. The lowest BCUT2D eigenvalue weighted by atomic mass is 10.0. The Morgan fingerprint density at radius 1 is 1.55 bits per heavy atom. The molecule has 1 aromatic rings. The van der Waals surface area contributed by atoms with E-state index in [1.54, 1.807) is 6.33 Å². The number of aromatic nitrogens is 2. The van der Waals surface area contributed by atoms with E-state index in [2.05, 4.69) is 16.9 Å². The van der Waals surface area contributed by atoms with Gasteiger partial charge >= 0.3 is 0 Å². The molecule has 1 aromatic heterocycles. The highest BCUT2D eigenvalue weighted by molar-refractivity contribution is 5.05. The molecule has 1 N–H and O–H groups in total. The van der Waals surface area contributed by atoms with Crippen molar-refractivity contribution in [3.8, 4) is 0 Å². The van der Waals surface area contributed by atoms with E-state index in [-0.39, 0.29) is 0 Å². The van der Waals surface area contributed by atoms with Crippen LogP contribution in [0.15, 0.2) is 12.5 Å². The summed E-state index contributed by atoms with van der Waals surface area (Å²) in [6.45, 7) is 2.33. The molecule has 1 heterocycles. The van der Waals surface area contributed by atoms with Gasteiger partial charge in [0.15, 0.2) is 0 Å². The van der Waals surface area contributed by atoms with E-state index in [1.165, 1.54) is 25.0 Å². The summed E-state index contributed by atoms with van der Waals surface area (Å²) in [5, 5.41) is 0. The van der Waals surface area contributed by atoms with Crippen molar-refractivity contribution in [3.63, 3.8) is 0 Å². The van der Waals surface area contributed by atoms with Crippen molar-refractivity contribution in [2.75, 3.05) is 0 Å². The maximum absolute atomic E-state index is 4.04. The van der Waals surface area contributed by atoms with Crippen LogP contribution in [0.1, 0.15) is 37.8 Å². The third-order valence-electron chi connectivity index (χ3n) is 2.65. The van der Waals surface area contributed by atoms with Crippen molar-refractivity contribution in [2.45, 2.75) is 32.1 Å². The van der Waals surface area contributed by atoms with Gasteiger partial charge in [0.2, 0.25) is 0 Å². The van der Waals surface area contributed by atoms with E-state index >= 15 is 0 Å². The summed E-state index contributed by atoms with van der Waals surface area (Å²) in [6.07, 6.45) is 7.79. The summed E-state index contributed by atoms with van der Waals surface area (Å²) in [5.41, 5.74) is 1.33. The quantitative estimate of drug-likeness (QED) is 0.653. The lowest BCUT2D eigenvalue weighted by Gasteiger charge is -2.04. The number of hydrogen-bond donors (Lipinski definition) is 1. The molecule has 0 bridgehead atoms. The lowest BCUT2D eigenvalue weighted by molar-refractivity contribution is 0.593. The molecule has 1 aliphatic carbocycles. The summed E-state index contributed by atoms with van der Waals surface area (Å²) in [6, 6.07) is 0. The van der Waals surface area contributed by atoms with Gasteiger partial charge < -0.3 is 4.98 Å². The average molecular weight is 150 g/mol. The maximum Gasteiger partial charge on any atom is 0.0921 e. The molecule has 0 saturated heterocycles. The first kappa shape index (κ1) is 6.89. The highest BCUT2D eigenvalue weighted by atomic mass is 14.9. The standard InChI is InChI=1S/C9H14N2/c1-7-2-3-8(4-7)9-5-10-6-11-9/h5-8H,2-4H2,1H3,(H,10,11). The molecule has 2 unspecified atom stereocenters. The van der Waals surface area contributed by atoms with Crippen LogP contribution in [0.3, 0.4) is 0 Å². The van der Waals surface area contributed by atoms with Crippen molar-refractivity contribution in [2.24, 2.45) is 5.92 Å². The fourth-order valence-corrected chi connectivity index (χ4v) is 1.98. The first-order valence-electron chi connectivity index (χ1n) is 4.34. The lowest BCUT2D eigenvalue weighted by Crippen LogP contribution is -1.92. The molecule has 2 atom stereocenters. The number of rotatable bonds is 1. The molecule has 2 rings (SSSR count). The zero-order valence-corrected chi connectivity index (χ0v) is 6.88. The molecule has 0 spiro atoms. The van der Waals surface area contributed by atoms with E-state index in [9.17, 15) is 0 Å². The minimum absolute atomic E-state index is 0.757. The second-order valence-corrected chi connectivity index (χ2v) is 3.62. The van der Waals surface area contributed by atoms with Crippen LogP contribution in [0.2, 0.25) is 0 Å². The third-order valence-corrected chi connectivity index (χ3v) is 2.65. The van der Waals surface area contributed by atoms with Gasteiger partial charge in [-0.2, -0.15) is 0 Å². The predicted molar refractivity (Wildman–Crippen MR) is 44.3 cm³/mol. The first-order chi connectivity index (χ1) is 5.36. The Bertz CT molecular complexity index is 215. The molecule has 1 fully saturated rings. The van der Waals surface area contributed by atoms with Gasteiger partial charge in [-0.1, -0.05) is 13.3 Å². The first-order valence-corrected chi connectivity index (χ1v) is 4.34. The Labute approximate surface area is 67.0 Å². The second-order valence-electron chi connectivity index (χ2n) is 3.62. The fraction of sp³-hybridized carbons (Fsp3) is 0.667. The molecule has 0 radical (unpaired) electrons. The summed E-state index contributed by atoms with van der Waals surface area (Å²) in [4.78, 5) is 7.22. The van der Waals surface area contributed by atoms with Crippen LogP contribution in [-0.4, -0.2) is 9.97 Å². The van der Waals surface area contributed by atoms with Gasteiger partial charge in [-0.3, -0.25) is 0 Å². The van der Waals surface area contributed by atoms with E-state index in [0.717, 1.165) is 11.8 Å². The molecular weight excluding hydrogens is 136 g/mol. The van der Waals surface area contributed by atoms with Crippen molar-refractivity contribution < 1.29 is 0 Å². The zero-order valence-electron chi connectivity index (χ0n) is 6.88. The highest BCUT2D eigenvalue weighted by Crippen LogP contribution is 2.36. The SMILES string of the molecule is CC1CCC(c2cnc[nH]2)C1. The minimum atomic E-state index is 0.757. The fourth-order valence-electron chi connectivity index (χ4n) is 1.98. The van der Waals surface area contributed by atoms with Gasteiger partial charge in [-0.25, -0.2) is 4.98 Å². The van der Waals surface area contributed by atoms with Crippen LogP contribution in [0.4, 0.5) is 0 Å². The van der Waals surface area contributed by atoms with Crippen LogP contribution >= 0.6 is 0 Å². The Morgan fingerprint density at radius 3 is 3.00 bits per heavy atom. The molecule has 2 heteroatoms. The number of imidazole rings is 1. The van der Waals surface area contributed by atoms with Crippen LogP contribution in [0.5, 0.6) is 0 Å². The van der Waals surface area contributed by atoms with Gasteiger partial charge in [0.05, 0.1) is 6.33 Å². The zero-order chi connectivity index (χ0) is 7.68. The molecule has 1 saturated carbocycles. The molecular formula is C9H14N2. The summed E-state index contributed by atoms with van der Waals surface area (Å²) in [5.74, 6) is 1.66. The summed E-state index contributed by atoms with van der Waals surface area (Å²) in [7, 11) is 0. The molecule has 0 aliphatic heterocycles. The smallest absolute Gasteiger partial charge is 0.0921 e. The topological polar surface area (TPSA) is 28.7 Å². The van der Waals surface area contributed by atoms with Crippen LogP contribution in [-0.2, 0) is 0 Å². The Kier molecular flexibility index (Phi) is 1.68. The van der Waals surface area contributed by atoms with Gasteiger partial charge in [0.25, 0.3) is 0 Å². The van der Waals surface area contributed by atoms with Gasteiger partial charge in [0.1, 0.15) is 0 Å². The Balaban J connectivity index is 2.08. The summed E-state index contributed by atoms with van der Waals surface area (Å²) >= 11 is 0. The van der Waals surface area contributed by atoms with Gasteiger partial charge in [-0.15, -0.1) is 0 Å². The van der Waals surface area contributed by atoms with Crippen molar-refractivity contribution in [3.05, 3.63) is 18.2 Å². The van der Waals surface area contributed by atoms with E-state index < -0.39 is 0 Å². The molecule has 0 aromatic carbocycles. The Hall–Kier alpha value is -0.790. The van der Waals surface area contributed by atoms with E-state index in [1.807, 2.05) is 6.20 Å².